The molecule has 0 amide bonds. The predicted molar refractivity (Wildman–Crippen MR) is 72.8 cm³/mol. The largest absolute Gasteiger partial charge is 0.330 e. The Morgan fingerprint density at radius 2 is 2.00 bits per heavy atom. The highest BCUT2D eigenvalue weighted by Gasteiger charge is 2.47. The summed E-state index contributed by atoms with van der Waals surface area (Å²) in [5, 5.41) is 3.81. The number of nitrogens with two attached hydrogens (primary N) is 1. The zero-order valence-corrected chi connectivity index (χ0v) is 11.9. The highest BCUT2D eigenvalue weighted by atomic mass is 35.5. The van der Waals surface area contributed by atoms with Crippen molar-refractivity contribution in [2.45, 2.75) is 49.0 Å². The number of hydrogen-bond acceptors (Lipinski definition) is 2. The zero-order valence-electron chi connectivity index (χ0n) is 9.53. The second-order valence-electron chi connectivity index (χ2n) is 4.92. The number of nitrogens with one attached hydrogen (secondary N) is 1. The maximum atomic E-state index is 6.37. The molecule has 1 heterocycles. The van der Waals surface area contributed by atoms with Gasteiger partial charge >= 0.3 is 0 Å². The molecule has 2 rings (SSSR count). The number of halogens is 3. The SMILES string of the molecule is CC1NC2C(Cl)C(Cl)CCC2C1CCN.Cl. The molecule has 1 saturated heterocycles. The van der Waals surface area contributed by atoms with E-state index in [4.69, 9.17) is 28.9 Å². The van der Waals surface area contributed by atoms with Gasteiger partial charge in [0.25, 0.3) is 0 Å². The highest BCUT2D eigenvalue weighted by Crippen LogP contribution is 2.42. The van der Waals surface area contributed by atoms with Crippen LogP contribution in [0.3, 0.4) is 0 Å². The third kappa shape index (κ3) is 2.62. The van der Waals surface area contributed by atoms with Gasteiger partial charge in [0.15, 0.2) is 0 Å². The molecule has 0 radical (unpaired) electrons. The fourth-order valence-electron chi connectivity index (χ4n) is 3.30. The number of fused-ring (bicyclic) bond motifs is 1. The summed E-state index contributed by atoms with van der Waals surface area (Å²) in [6.07, 6.45) is 3.35. The van der Waals surface area contributed by atoms with E-state index in [9.17, 15) is 0 Å². The van der Waals surface area contributed by atoms with Crippen molar-refractivity contribution in [2.24, 2.45) is 17.6 Å². The minimum absolute atomic E-state index is 0. The fourth-order valence-corrected chi connectivity index (χ4v) is 3.97. The Kier molecular flexibility index (Phi) is 5.66. The van der Waals surface area contributed by atoms with E-state index in [0.29, 0.717) is 23.9 Å². The summed E-state index contributed by atoms with van der Waals surface area (Å²) < 4.78 is 0. The zero-order chi connectivity index (χ0) is 11.0. The lowest BCUT2D eigenvalue weighted by molar-refractivity contribution is 0.266. The molecule has 0 aromatic carbocycles. The summed E-state index contributed by atoms with van der Waals surface area (Å²) in [5.41, 5.74) is 5.67. The smallest absolute Gasteiger partial charge is 0.0655 e. The Balaban J connectivity index is 0.00000128. The second-order valence-corrected chi connectivity index (χ2v) is 5.99. The van der Waals surface area contributed by atoms with Crippen molar-refractivity contribution in [3.05, 3.63) is 0 Å². The van der Waals surface area contributed by atoms with Gasteiger partial charge in [-0.1, -0.05) is 0 Å². The van der Waals surface area contributed by atoms with Crippen LogP contribution in [0.25, 0.3) is 0 Å². The third-order valence-corrected chi connectivity index (χ3v) is 5.27. The van der Waals surface area contributed by atoms with Crippen LogP contribution in [0.5, 0.6) is 0 Å². The maximum absolute atomic E-state index is 6.37. The average Bonchev–Trinajstić information content (AvgIpc) is 2.52. The molecule has 0 aromatic rings. The van der Waals surface area contributed by atoms with Crippen LogP contribution in [-0.2, 0) is 0 Å². The van der Waals surface area contributed by atoms with E-state index in [-0.39, 0.29) is 23.2 Å². The van der Waals surface area contributed by atoms with Crippen LogP contribution >= 0.6 is 35.6 Å². The first-order valence-corrected chi connectivity index (χ1v) is 6.76. The number of hydrogen-bond donors (Lipinski definition) is 2. The Hall–Kier alpha value is 0.790. The van der Waals surface area contributed by atoms with E-state index in [2.05, 4.69) is 12.2 Å². The molecule has 0 bridgehead atoms. The molecular weight excluding hydrogens is 266 g/mol. The van der Waals surface area contributed by atoms with Crippen LogP contribution in [0.2, 0.25) is 0 Å². The Morgan fingerprint density at radius 1 is 1.31 bits per heavy atom. The second kappa shape index (κ2) is 6.10. The van der Waals surface area contributed by atoms with Gasteiger partial charge in [0.2, 0.25) is 0 Å². The molecule has 1 aliphatic heterocycles. The van der Waals surface area contributed by atoms with Gasteiger partial charge < -0.3 is 11.1 Å². The highest BCUT2D eigenvalue weighted by molar-refractivity contribution is 6.30. The first-order valence-electron chi connectivity index (χ1n) is 5.89. The molecule has 0 aromatic heterocycles. The minimum Gasteiger partial charge on any atom is -0.330 e. The molecule has 96 valence electrons. The first-order chi connectivity index (χ1) is 7.15. The van der Waals surface area contributed by atoms with E-state index in [1.165, 1.54) is 6.42 Å². The lowest BCUT2D eigenvalue weighted by Crippen LogP contribution is -2.45. The first kappa shape index (κ1) is 14.8. The monoisotopic (exact) mass is 286 g/mol. The van der Waals surface area contributed by atoms with Gasteiger partial charge in [0, 0.05) is 12.1 Å². The van der Waals surface area contributed by atoms with Gasteiger partial charge in [-0.3, -0.25) is 0 Å². The van der Waals surface area contributed by atoms with Crippen molar-refractivity contribution in [3.63, 3.8) is 0 Å². The molecule has 6 atom stereocenters. The van der Waals surface area contributed by atoms with Gasteiger partial charge in [-0.15, -0.1) is 35.6 Å². The number of rotatable bonds is 2. The van der Waals surface area contributed by atoms with Crippen molar-refractivity contribution in [1.82, 2.24) is 5.32 Å². The molecule has 16 heavy (non-hydrogen) atoms. The molecule has 1 aliphatic carbocycles. The topological polar surface area (TPSA) is 38.0 Å². The maximum Gasteiger partial charge on any atom is 0.0655 e. The lowest BCUT2D eigenvalue weighted by Gasteiger charge is -2.35. The van der Waals surface area contributed by atoms with Crippen molar-refractivity contribution in [3.8, 4) is 0 Å². The summed E-state index contributed by atoms with van der Waals surface area (Å²) in [6, 6.07) is 0.932. The third-order valence-electron chi connectivity index (χ3n) is 4.07. The van der Waals surface area contributed by atoms with E-state index >= 15 is 0 Å². The van der Waals surface area contributed by atoms with Crippen molar-refractivity contribution in [2.75, 3.05) is 6.54 Å². The quantitative estimate of drug-likeness (QED) is 0.765. The van der Waals surface area contributed by atoms with E-state index in [0.717, 1.165) is 19.4 Å². The van der Waals surface area contributed by atoms with E-state index in [1.54, 1.807) is 0 Å². The van der Waals surface area contributed by atoms with Gasteiger partial charge in [-0.25, -0.2) is 0 Å². The molecule has 2 fully saturated rings. The summed E-state index contributed by atoms with van der Waals surface area (Å²) in [6.45, 7) is 3.02. The average molecular weight is 288 g/mol. The van der Waals surface area contributed by atoms with Crippen LogP contribution in [0.15, 0.2) is 0 Å². The van der Waals surface area contributed by atoms with Gasteiger partial charge in [0.05, 0.1) is 10.8 Å². The Morgan fingerprint density at radius 3 is 2.62 bits per heavy atom. The van der Waals surface area contributed by atoms with Crippen molar-refractivity contribution in [1.29, 1.82) is 0 Å². The van der Waals surface area contributed by atoms with Gasteiger partial charge in [-0.05, 0) is 44.6 Å². The van der Waals surface area contributed by atoms with Crippen LogP contribution in [0.1, 0.15) is 26.2 Å². The predicted octanol–water partition coefficient (Wildman–Crippen LogP) is 2.36. The van der Waals surface area contributed by atoms with Crippen LogP contribution in [-0.4, -0.2) is 29.4 Å². The summed E-state index contributed by atoms with van der Waals surface area (Å²) in [7, 11) is 0. The Bertz CT molecular complexity index is 227. The van der Waals surface area contributed by atoms with Gasteiger partial charge in [-0.2, -0.15) is 0 Å². The Labute approximate surface area is 114 Å². The summed E-state index contributed by atoms with van der Waals surface area (Å²) in [4.78, 5) is 0. The van der Waals surface area contributed by atoms with E-state index < -0.39 is 0 Å². The molecule has 2 aliphatic rings. The standard InChI is InChI=1S/C11H20Cl2N2.ClH/c1-6-7(4-5-14)8-2-3-9(12)10(13)11(8)15-6;/h6-11,15H,2-5,14H2,1H3;1H. The summed E-state index contributed by atoms with van der Waals surface area (Å²) in [5.74, 6) is 1.37. The molecule has 6 unspecified atom stereocenters. The minimum atomic E-state index is 0. The van der Waals surface area contributed by atoms with E-state index in [1.807, 2.05) is 0 Å². The number of alkyl halides is 2. The van der Waals surface area contributed by atoms with Crippen LogP contribution < -0.4 is 11.1 Å². The van der Waals surface area contributed by atoms with Crippen molar-refractivity contribution >= 4 is 35.6 Å². The fraction of sp³-hybridized carbons (Fsp3) is 1.00. The van der Waals surface area contributed by atoms with Crippen LogP contribution in [0.4, 0.5) is 0 Å². The molecule has 5 heteroatoms. The van der Waals surface area contributed by atoms with Gasteiger partial charge in [0.1, 0.15) is 0 Å². The normalized spacial score (nSPS) is 47.2. The lowest BCUT2D eigenvalue weighted by atomic mass is 9.77. The molecule has 2 nitrogen and oxygen atoms in total. The molecule has 0 spiro atoms. The molecule has 3 N–H and O–H groups in total. The summed E-state index contributed by atoms with van der Waals surface area (Å²) >= 11 is 12.6. The van der Waals surface area contributed by atoms with Crippen LogP contribution in [0, 0.1) is 11.8 Å². The molecular formula is C11H21Cl3N2. The van der Waals surface area contributed by atoms with Crippen molar-refractivity contribution < 1.29 is 0 Å². The molecule has 1 saturated carbocycles.